The summed E-state index contributed by atoms with van der Waals surface area (Å²) in [5.41, 5.74) is 0. The van der Waals surface area contributed by atoms with Crippen LogP contribution in [0.15, 0.2) is 22.7 Å². The van der Waals surface area contributed by atoms with Gasteiger partial charge in [0.15, 0.2) is 17.7 Å². The molecule has 0 unspecified atom stereocenters. The number of ether oxygens (including phenoxy) is 1. The molecule has 0 aliphatic carbocycles. The van der Waals surface area contributed by atoms with Crippen LogP contribution in [0, 0.1) is 5.82 Å². The highest BCUT2D eigenvalue weighted by atomic mass is 79.9. The highest BCUT2D eigenvalue weighted by Gasteiger charge is 2.31. The van der Waals surface area contributed by atoms with E-state index in [4.69, 9.17) is 4.74 Å². The largest absolute Gasteiger partial charge is 0.478 e. The van der Waals surface area contributed by atoms with Crippen LogP contribution in [-0.4, -0.2) is 36.0 Å². The number of carbonyl (C=O) groups excluding carboxylic acids is 2. The SMILES string of the molecule is C[C@@H](Oc1ccc(Br)cc1F)C(=O)N1CCNC1=O. The fraction of sp³-hybridized carbons (Fsp3) is 0.333. The Morgan fingerprint density at radius 3 is 2.89 bits per heavy atom. The zero-order valence-corrected chi connectivity index (χ0v) is 11.7. The van der Waals surface area contributed by atoms with E-state index in [1.807, 2.05) is 0 Å². The number of halogens is 2. The first-order chi connectivity index (χ1) is 8.99. The minimum Gasteiger partial charge on any atom is -0.478 e. The average Bonchev–Trinajstić information content (AvgIpc) is 2.78. The predicted molar refractivity (Wildman–Crippen MR) is 69.3 cm³/mol. The minimum absolute atomic E-state index is 0.0244. The van der Waals surface area contributed by atoms with Crippen molar-refractivity contribution in [2.24, 2.45) is 0 Å². The predicted octanol–water partition coefficient (Wildman–Crippen LogP) is 1.91. The Kier molecular flexibility index (Phi) is 4.04. The number of nitrogens with zero attached hydrogens (tertiary/aromatic N) is 1. The number of imide groups is 1. The van der Waals surface area contributed by atoms with Crippen LogP contribution in [0.4, 0.5) is 9.18 Å². The smallest absolute Gasteiger partial charge is 0.324 e. The van der Waals surface area contributed by atoms with Gasteiger partial charge in [0.2, 0.25) is 0 Å². The molecule has 19 heavy (non-hydrogen) atoms. The molecule has 1 aromatic carbocycles. The fourth-order valence-electron chi connectivity index (χ4n) is 1.71. The van der Waals surface area contributed by atoms with Crippen molar-refractivity contribution >= 4 is 27.9 Å². The minimum atomic E-state index is -0.931. The van der Waals surface area contributed by atoms with Gasteiger partial charge in [-0.3, -0.25) is 9.69 Å². The molecule has 102 valence electrons. The Bertz CT molecular complexity index is 524. The molecule has 5 nitrogen and oxygen atoms in total. The van der Waals surface area contributed by atoms with E-state index in [0.29, 0.717) is 17.6 Å². The Morgan fingerprint density at radius 1 is 1.58 bits per heavy atom. The third-order valence-corrected chi connectivity index (χ3v) is 3.16. The second-order valence-corrected chi connectivity index (χ2v) is 4.97. The van der Waals surface area contributed by atoms with Crippen molar-refractivity contribution in [1.82, 2.24) is 10.2 Å². The molecular formula is C12H12BrFN2O3. The number of nitrogens with one attached hydrogen (secondary N) is 1. The second kappa shape index (κ2) is 5.56. The number of hydrogen-bond acceptors (Lipinski definition) is 3. The van der Waals surface area contributed by atoms with Gasteiger partial charge in [0, 0.05) is 17.6 Å². The van der Waals surface area contributed by atoms with E-state index >= 15 is 0 Å². The summed E-state index contributed by atoms with van der Waals surface area (Å²) in [6.07, 6.45) is -0.931. The number of hydrogen-bond donors (Lipinski definition) is 1. The standard InChI is InChI=1S/C12H12BrFN2O3/c1-7(11(17)16-5-4-15-12(16)18)19-10-3-2-8(13)6-9(10)14/h2-3,6-7H,4-5H2,1H3,(H,15,18)/t7-/m1/s1. The molecule has 2 rings (SSSR count). The van der Waals surface area contributed by atoms with Crippen molar-refractivity contribution in [1.29, 1.82) is 0 Å². The molecule has 0 bridgehead atoms. The molecule has 7 heteroatoms. The molecule has 0 saturated carbocycles. The van der Waals surface area contributed by atoms with Gasteiger partial charge in [-0.1, -0.05) is 15.9 Å². The van der Waals surface area contributed by atoms with Gasteiger partial charge in [0.25, 0.3) is 5.91 Å². The lowest BCUT2D eigenvalue weighted by Gasteiger charge is -2.19. The molecule has 1 N–H and O–H groups in total. The van der Waals surface area contributed by atoms with E-state index in [0.717, 1.165) is 4.90 Å². The maximum Gasteiger partial charge on any atom is 0.324 e. The number of benzene rings is 1. The van der Waals surface area contributed by atoms with E-state index in [1.54, 1.807) is 6.07 Å². The van der Waals surface area contributed by atoms with Crippen LogP contribution in [0.2, 0.25) is 0 Å². The quantitative estimate of drug-likeness (QED) is 0.920. The van der Waals surface area contributed by atoms with Gasteiger partial charge in [-0.15, -0.1) is 0 Å². The molecule has 1 heterocycles. The molecule has 1 fully saturated rings. The second-order valence-electron chi connectivity index (χ2n) is 4.06. The van der Waals surface area contributed by atoms with Crippen LogP contribution in [0.25, 0.3) is 0 Å². The number of rotatable bonds is 3. The van der Waals surface area contributed by atoms with E-state index < -0.39 is 23.9 Å². The molecule has 3 amide bonds. The van der Waals surface area contributed by atoms with Crippen LogP contribution in [0.3, 0.4) is 0 Å². The molecule has 1 saturated heterocycles. The lowest BCUT2D eigenvalue weighted by Crippen LogP contribution is -2.42. The normalized spacial score (nSPS) is 16.2. The van der Waals surface area contributed by atoms with Crippen molar-refractivity contribution < 1.29 is 18.7 Å². The number of urea groups is 1. The van der Waals surface area contributed by atoms with E-state index in [1.165, 1.54) is 19.1 Å². The Labute approximate surface area is 117 Å². The van der Waals surface area contributed by atoms with Crippen molar-refractivity contribution in [2.45, 2.75) is 13.0 Å². The maximum atomic E-state index is 13.6. The molecule has 0 aromatic heterocycles. The van der Waals surface area contributed by atoms with Gasteiger partial charge >= 0.3 is 6.03 Å². The first-order valence-corrected chi connectivity index (χ1v) is 6.49. The first kappa shape index (κ1) is 13.8. The van der Waals surface area contributed by atoms with Crippen molar-refractivity contribution in [3.05, 3.63) is 28.5 Å². The third-order valence-electron chi connectivity index (χ3n) is 2.67. The molecular weight excluding hydrogens is 319 g/mol. The first-order valence-electron chi connectivity index (χ1n) is 5.70. The Balaban J connectivity index is 2.06. The summed E-state index contributed by atoms with van der Waals surface area (Å²) in [7, 11) is 0. The van der Waals surface area contributed by atoms with Gasteiger partial charge in [0.05, 0.1) is 0 Å². The lowest BCUT2D eigenvalue weighted by molar-refractivity contribution is -0.134. The monoisotopic (exact) mass is 330 g/mol. The molecule has 1 aliphatic heterocycles. The van der Waals surface area contributed by atoms with Crippen LogP contribution in [0.5, 0.6) is 5.75 Å². The lowest BCUT2D eigenvalue weighted by atomic mass is 10.3. The highest BCUT2D eigenvalue weighted by molar-refractivity contribution is 9.10. The molecule has 0 spiro atoms. The van der Waals surface area contributed by atoms with Crippen molar-refractivity contribution in [2.75, 3.05) is 13.1 Å². The topological polar surface area (TPSA) is 58.6 Å². The van der Waals surface area contributed by atoms with Crippen molar-refractivity contribution in [3.8, 4) is 5.75 Å². The zero-order chi connectivity index (χ0) is 14.0. The van der Waals surface area contributed by atoms with E-state index in [9.17, 15) is 14.0 Å². The van der Waals surface area contributed by atoms with Gasteiger partial charge in [0.1, 0.15) is 0 Å². The van der Waals surface area contributed by atoms with Gasteiger partial charge in [-0.2, -0.15) is 0 Å². The molecule has 1 aromatic rings. The molecule has 0 radical (unpaired) electrons. The van der Waals surface area contributed by atoms with Gasteiger partial charge < -0.3 is 10.1 Å². The third kappa shape index (κ3) is 3.04. The summed E-state index contributed by atoms with van der Waals surface area (Å²) < 4.78 is 19.4. The number of amides is 3. The van der Waals surface area contributed by atoms with Crippen LogP contribution in [-0.2, 0) is 4.79 Å². The van der Waals surface area contributed by atoms with Crippen LogP contribution in [0.1, 0.15) is 6.92 Å². The van der Waals surface area contributed by atoms with Crippen molar-refractivity contribution in [3.63, 3.8) is 0 Å². The average molecular weight is 331 g/mol. The summed E-state index contributed by atoms with van der Waals surface area (Å²) in [5, 5.41) is 2.52. The summed E-state index contributed by atoms with van der Waals surface area (Å²) in [6.45, 7) is 2.20. The molecule has 1 aliphatic rings. The summed E-state index contributed by atoms with van der Waals surface area (Å²) in [5.74, 6) is -1.08. The van der Waals surface area contributed by atoms with E-state index in [-0.39, 0.29) is 5.75 Å². The number of carbonyl (C=O) groups is 2. The highest BCUT2D eigenvalue weighted by Crippen LogP contribution is 2.22. The van der Waals surface area contributed by atoms with Crippen LogP contribution >= 0.6 is 15.9 Å². The Hall–Kier alpha value is -1.63. The summed E-state index contributed by atoms with van der Waals surface area (Å²) in [6, 6.07) is 3.83. The van der Waals surface area contributed by atoms with Gasteiger partial charge in [-0.25, -0.2) is 9.18 Å². The molecule has 1 atom stereocenters. The maximum absolute atomic E-state index is 13.6. The van der Waals surface area contributed by atoms with E-state index in [2.05, 4.69) is 21.2 Å². The summed E-state index contributed by atoms with van der Waals surface area (Å²) in [4.78, 5) is 24.3. The van der Waals surface area contributed by atoms with Crippen LogP contribution < -0.4 is 10.1 Å². The summed E-state index contributed by atoms with van der Waals surface area (Å²) >= 11 is 3.13. The zero-order valence-electron chi connectivity index (χ0n) is 10.2. The fourth-order valence-corrected chi connectivity index (χ4v) is 2.05. The Morgan fingerprint density at radius 2 is 2.32 bits per heavy atom. The van der Waals surface area contributed by atoms with Gasteiger partial charge in [-0.05, 0) is 25.1 Å².